The summed E-state index contributed by atoms with van der Waals surface area (Å²) in [5, 5.41) is 8.71. The Morgan fingerprint density at radius 3 is 2.55 bits per heavy atom. The third kappa shape index (κ3) is 2.75. The Labute approximate surface area is 132 Å². The Balaban J connectivity index is 2.50. The summed E-state index contributed by atoms with van der Waals surface area (Å²) < 4.78 is 1.67. The molecule has 1 aromatic carbocycles. The molecule has 0 fully saturated rings. The van der Waals surface area contributed by atoms with Crippen LogP contribution in [0.3, 0.4) is 0 Å². The van der Waals surface area contributed by atoms with E-state index in [1.54, 1.807) is 23.9 Å². The minimum Gasteiger partial charge on any atom is -0.389 e. The number of nitrogens with two attached hydrogens (primary N) is 1. The number of halogens is 2. The van der Waals surface area contributed by atoms with E-state index in [2.05, 4.69) is 10.4 Å². The molecule has 0 aliphatic carbocycles. The quantitative estimate of drug-likeness (QED) is 0.843. The van der Waals surface area contributed by atoms with Gasteiger partial charge in [-0.25, -0.2) is 0 Å². The summed E-state index contributed by atoms with van der Waals surface area (Å²) in [4.78, 5) is 0.285. The van der Waals surface area contributed by atoms with E-state index < -0.39 is 0 Å². The van der Waals surface area contributed by atoms with Crippen molar-refractivity contribution in [2.75, 3.05) is 5.32 Å². The van der Waals surface area contributed by atoms with Crippen LogP contribution in [0.1, 0.15) is 16.8 Å². The second kappa shape index (κ2) is 5.60. The number of hydrogen-bond donors (Lipinski definition) is 2. The van der Waals surface area contributed by atoms with E-state index in [0.29, 0.717) is 27.1 Å². The molecule has 106 valence electrons. The van der Waals surface area contributed by atoms with Crippen molar-refractivity contribution in [3.8, 4) is 0 Å². The lowest BCUT2D eigenvalue weighted by Gasteiger charge is -2.12. The van der Waals surface area contributed by atoms with Gasteiger partial charge in [-0.2, -0.15) is 5.10 Å². The van der Waals surface area contributed by atoms with Gasteiger partial charge in [0.1, 0.15) is 10.8 Å². The number of nitrogens with one attached hydrogen (secondary N) is 1. The molecule has 0 aliphatic rings. The van der Waals surface area contributed by atoms with Crippen LogP contribution in [0, 0.1) is 13.8 Å². The smallest absolute Gasteiger partial charge is 0.138 e. The average molecular weight is 329 g/mol. The molecule has 7 heteroatoms. The minimum atomic E-state index is 0.285. The van der Waals surface area contributed by atoms with E-state index in [0.717, 1.165) is 11.3 Å². The second-order valence-corrected chi connectivity index (χ2v) is 5.76. The van der Waals surface area contributed by atoms with Crippen molar-refractivity contribution in [1.29, 1.82) is 0 Å². The first-order chi connectivity index (χ1) is 9.31. The van der Waals surface area contributed by atoms with Crippen molar-refractivity contribution in [1.82, 2.24) is 9.78 Å². The first-order valence-corrected chi connectivity index (χ1v) is 7.03. The monoisotopic (exact) mass is 328 g/mol. The van der Waals surface area contributed by atoms with Gasteiger partial charge in [-0.15, -0.1) is 0 Å². The first-order valence-electron chi connectivity index (χ1n) is 5.87. The summed E-state index contributed by atoms with van der Waals surface area (Å²) in [6.45, 7) is 3.75. The zero-order chi connectivity index (χ0) is 15.0. The van der Waals surface area contributed by atoms with Crippen LogP contribution in [0.4, 0.5) is 11.5 Å². The van der Waals surface area contributed by atoms with Gasteiger partial charge in [-0.05, 0) is 31.5 Å². The maximum Gasteiger partial charge on any atom is 0.138 e. The highest BCUT2D eigenvalue weighted by Gasteiger charge is 2.17. The molecule has 4 nitrogen and oxygen atoms in total. The van der Waals surface area contributed by atoms with Gasteiger partial charge in [0.15, 0.2) is 0 Å². The van der Waals surface area contributed by atoms with E-state index in [1.807, 2.05) is 13.8 Å². The van der Waals surface area contributed by atoms with Gasteiger partial charge in [-0.3, -0.25) is 4.68 Å². The fraction of sp³-hybridized carbons (Fsp3) is 0.231. The number of aryl methyl sites for hydroxylation is 3. The molecule has 0 saturated heterocycles. The zero-order valence-electron chi connectivity index (χ0n) is 11.3. The summed E-state index contributed by atoms with van der Waals surface area (Å²) in [5.74, 6) is 0.691. The summed E-state index contributed by atoms with van der Waals surface area (Å²) in [6.07, 6.45) is 0. The van der Waals surface area contributed by atoms with E-state index in [4.69, 9.17) is 41.2 Å². The topological polar surface area (TPSA) is 55.9 Å². The Morgan fingerprint density at radius 1 is 1.30 bits per heavy atom. The van der Waals surface area contributed by atoms with E-state index in [1.165, 1.54) is 0 Å². The lowest BCUT2D eigenvalue weighted by atomic mass is 10.2. The molecular weight excluding hydrogens is 315 g/mol. The lowest BCUT2D eigenvalue weighted by molar-refractivity contribution is 0.765. The first kappa shape index (κ1) is 15.1. The molecule has 0 radical (unpaired) electrons. The maximum absolute atomic E-state index is 6.23. The summed E-state index contributed by atoms with van der Waals surface area (Å²) >= 11 is 17.4. The van der Waals surface area contributed by atoms with Crippen molar-refractivity contribution < 1.29 is 0 Å². The number of hydrogen-bond acceptors (Lipinski definition) is 3. The van der Waals surface area contributed by atoms with Crippen LogP contribution in [0.15, 0.2) is 12.1 Å². The Bertz CT molecular complexity index is 694. The summed E-state index contributed by atoms with van der Waals surface area (Å²) in [7, 11) is 1.81. The van der Waals surface area contributed by atoms with Crippen LogP contribution in [0.5, 0.6) is 0 Å². The van der Waals surface area contributed by atoms with Crippen molar-refractivity contribution in [2.24, 2.45) is 12.8 Å². The summed E-state index contributed by atoms with van der Waals surface area (Å²) in [5.41, 5.74) is 8.82. The Hall–Kier alpha value is -1.30. The normalized spacial score (nSPS) is 10.7. The van der Waals surface area contributed by atoms with Crippen LogP contribution < -0.4 is 11.1 Å². The van der Waals surface area contributed by atoms with Crippen molar-refractivity contribution in [3.63, 3.8) is 0 Å². The van der Waals surface area contributed by atoms with Gasteiger partial charge >= 0.3 is 0 Å². The van der Waals surface area contributed by atoms with Gasteiger partial charge in [-0.1, -0.05) is 35.4 Å². The summed E-state index contributed by atoms with van der Waals surface area (Å²) in [6, 6.07) is 3.57. The third-order valence-corrected chi connectivity index (χ3v) is 3.89. The van der Waals surface area contributed by atoms with Gasteiger partial charge in [0, 0.05) is 12.1 Å². The van der Waals surface area contributed by atoms with Crippen molar-refractivity contribution in [2.45, 2.75) is 13.8 Å². The van der Waals surface area contributed by atoms with Crippen LogP contribution >= 0.6 is 35.4 Å². The van der Waals surface area contributed by atoms with Gasteiger partial charge < -0.3 is 11.1 Å². The molecule has 2 rings (SSSR count). The second-order valence-electron chi connectivity index (χ2n) is 4.50. The van der Waals surface area contributed by atoms with Crippen LogP contribution in [-0.4, -0.2) is 14.8 Å². The Morgan fingerprint density at radius 2 is 1.95 bits per heavy atom. The minimum absolute atomic E-state index is 0.285. The molecule has 0 spiro atoms. The van der Waals surface area contributed by atoms with Crippen LogP contribution in [-0.2, 0) is 7.05 Å². The molecule has 0 saturated carbocycles. The largest absolute Gasteiger partial charge is 0.389 e. The maximum atomic E-state index is 6.23. The molecular formula is C13H14Cl2N4S. The average Bonchev–Trinajstić information content (AvgIpc) is 2.61. The van der Waals surface area contributed by atoms with Gasteiger partial charge in [0.2, 0.25) is 0 Å². The van der Waals surface area contributed by atoms with Crippen molar-refractivity contribution >= 4 is 51.9 Å². The fourth-order valence-electron chi connectivity index (χ4n) is 1.97. The molecule has 0 amide bonds. The number of aromatic nitrogens is 2. The fourth-order valence-corrected chi connectivity index (χ4v) is 2.64. The number of nitrogens with zero attached hydrogens (tertiary/aromatic N) is 2. The zero-order valence-corrected chi connectivity index (χ0v) is 13.6. The Kier molecular flexibility index (Phi) is 4.22. The predicted molar refractivity (Wildman–Crippen MR) is 88.3 cm³/mol. The van der Waals surface area contributed by atoms with Crippen LogP contribution in [0.2, 0.25) is 10.0 Å². The molecule has 0 atom stereocenters. The number of thiocarbonyl (C=S) groups is 1. The number of benzene rings is 1. The van der Waals surface area contributed by atoms with Gasteiger partial charge in [0.25, 0.3) is 0 Å². The number of rotatable bonds is 3. The van der Waals surface area contributed by atoms with Gasteiger partial charge in [0.05, 0.1) is 22.0 Å². The lowest BCUT2D eigenvalue weighted by Crippen LogP contribution is -2.13. The van der Waals surface area contributed by atoms with Crippen LogP contribution in [0.25, 0.3) is 0 Å². The highest BCUT2D eigenvalue weighted by molar-refractivity contribution is 7.80. The third-order valence-electron chi connectivity index (χ3n) is 2.97. The molecule has 3 N–H and O–H groups in total. The molecule has 0 unspecified atom stereocenters. The molecule has 0 aliphatic heterocycles. The SMILES string of the molecule is Cc1cc(Cl)c(Nc2c(C(N)=S)c(C)nn2C)cc1Cl. The molecule has 0 bridgehead atoms. The predicted octanol–water partition coefficient (Wildman–Crippen LogP) is 3.72. The van der Waals surface area contributed by atoms with E-state index >= 15 is 0 Å². The van der Waals surface area contributed by atoms with E-state index in [-0.39, 0.29) is 4.99 Å². The van der Waals surface area contributed by atoms with Crippen molar-refractivity contribution in [3.05, 3.63) is 39.0 Å². The molecule has 1 heterocycles. The molecule has 1 aromatic heterocycles. The molecule has 2 aromatic rings. The standard InChI is InChI=1S/C13H14Cl2N4S/c1-6-4-9(15)10(5-8(6)14)17-13-11(12(16)20)7(2)18-19(13)3/h4-5,17H,1-3H3,(H2,16,20). The van der Waals surface area contributed by atoms with E-state index in [9.17, 15) is 0 Å². The highest BCUT2D eigenvalue weighted by Crippen LogP contribution is 2.32. The highest BCUT2D eigenvalue weighted by atomic mass is 35.5. The molecule has 20 heavy (non-hydrogen) atoms. The number of anilines is 2.